The van der Waals surface area contributed by atoms with Gasteiger partial charge in [0.25, 0.3) is 6.17 Å². The molecule has 1 unspecified atom stereocenters. The SMILES string of the molecule is CCCCN1C(=S)SC(C)(C)C1[N+](O)=Cc1ccccc1OC. The highest BCUT2D eigenvalue weighted by Gasteiger charge is 2.52. The Morgan fingerprint density at radius 1 is 1.43 bits per heavy atom. The summed E-state index contributed by atoms with van der Waals surface area (Å²) in [5.41, 5.74) is 0.839. The van der Waals surface area contributed by atoms with Crippen LogP contribution in [-0.4, -0.2) is 49.9 Å². The summed E-state index contributed by atoms with van der Waals surface area (Å²) in [6.07, 6.45) is 3.67. The molecule has 1 aromatic carbocycles. The molecule has 0 amide bonds. The van der Waals surface area contributed by atoms with E-state index in [2.05, 4.69) is 25.7 Å². The second-order valence-corrected chi connectivity index (χ2v) is 8.43. The highest BCUT2D eigenvalue weighted by Crippen LogP contribution is 2.41. The predicted octanol–water partition coefficient (Wildman–Crippen LogP) is 3.75. The van der Waals surface area contributed by atoms with Gasteiger partial charge in [-0.15, -0.1) is 0 Å². The smallest absolute Gasteiger partial charge is 0.292 e. The Bertz CT molecular complexity index is 602. The average Bonchev–Trinajstić information content (AvgIpc) is 2.74. The number of para-hydroxylation sites is 1. The molecule has 1 aliphatic rings. The lowest BCUT2D eigenvalue weighted by atomic mass is 10.1. The molecule has 1 aromatic rings. The van der Waals surface area contributed by atoms with Crippen LogP contribution in [0.3, 0.4) is 0 Å². The van der Waals surface area contributed by atoms with Crippen LogP contribution in [0.5, 0.6) is 5.75 Å². The van der Waals surface area contributed by atoms with E-state index in [1.54, 1.807) is 25.1 Å². The molecule has 126 valence electrons. The molecule has 6 heteroatoms. The molecule has 1 heterocycles. The van der Waals surface area contributed by atoms with Crippen LogP contribution in [0, 0.1) is 0 Å². The summed E-state index contributed by atoms with van der Waals surface area (Å²) in [5.74, 6) is 0.734. The number of thiocarbonyl (C=S) groups is 1. The van der Waals surface area contributed by atoms with Gasteiger partial charge in [-0.05, 0) is 37.1 Å². The van der Waals surface area contributed by atoms with E-state index in [9.17, 15) is 5.21 Å². The van der Waals surface area contributed by atoms with Crippen molar-refractivity contribution < 1.29 is 14.7 Å². The summed E-state index contributed by atoms with van der Waals surface area (Å²) in [7, 11) is 1.63. The number of methoxy groups -OCH3 is 1. The number of nitrogens with zero attached hydrogens (tertiary/aromatic N) is 2. The largest absolute Gasteiger partial charge is 0.496 e. The molecule has 2 rings (SSSR count). The molecule has 0 saturated carbocycles. The lowest BCUT2D eigenvalue weighted by Crippen LogP contribution is -2.49. The number of hydrogen-bond donors (Lipinski definition) is 1. The van der Waals surface area contributed by atoms with Crippen molar-refractivity contribution in [3.8, 4) is 5.75 Å². The first-order chi connectivity index (χ1) is 10.9. The second-order valence-electron chi connectivity index (χ2n) is 6.14. The van der Waals surface area contributed by atoms with Gasteiger partial charge in [0, 0.05) is 6.54 Å². The molecule has 23 heavy (non-hydrogen) atoms. The maximum atomic E-state index is 10.8. The van der Waals surface area contributed by atoms with E-state index in [0.717, 1.165) is 35.0 Å². The minimum absolute atomic E-state index is 0.196. The lowest BCUT2D eigenvalue weighted by molar-refractivity contribution is -0.808. The Labute approximate surface area is 148 Å². The Kier molecular flexibility index (Phi) is 5.92. The molecule has 0 bridgehead atoms. The summed E-state index contributed by atoms with van der Waals surface area (Å²) in [6.45, 7) is 7.23. The highest BCUT2D eigenvalue weighted by atomic mass is 32.2. The van der Waals surface area contributed by atoms with Gasteiger partial charge in [0.05, 0.1) is 12.7 Å². The van der Waals surface area contributed by atoms with Crippen molar-refractivity contribution in [1.29, 1.82) is 0 Å². The fraction of sp³-hybridized carbons (Fsp3) is 0.529. The van der Waals surface area contributed by atoms with Gasteiger partial charge >= 0.3 is 0 Å². The first kappa shape index (κ1) is 18.1. The van der Waals surface area contributed by atoms with Gasteiger partial charge in [0.2, 0.25) is 6.21 Å². The molecule has 0 aliphatic carbocycles. The fourth-order valence-corrected chi connectivity index (χ4v) is 4.74. The van der Waals surface area contributed by atoms with Crippen LogP contribution >= 0.6 is 24.0 Å². The third-order valence-corrected chi connectivity index (χ3v) is 5.55. The number of unbranched alkanes of at least 4 members (excludes halogenated alkanes) is 1. The highest BCUT2D eigenvalue weighted by molar-refractivity contribution is 8.24. The quantitative estimate of drug-likeness (QED) is 0.277. The Balaban J connectivity index is 2.35. The summed E-state index contributed by atoms with van der Waals surface area (Å²) in [5, 5.41) is 10.8. The van der Waals surface area contributed by atoms with Crippen molar-refractivity contribution in [2.45, 2.75) is 44.5 Å². The standard InChI is InChI=1S/C17H25N2O2S2/c1-5-6-11-18-15(17(2,3)23-16(18)22)19(20)12-13-9-7-8-10-14(13)21-4/h7-10,12,15,20H,5-6,11H2,1-4H3/q+1. The summed E-state index contributed by atoms with van der Waals surface area (Å²) >= 11 is 7.17. The van der Waals surface area contributed by atoms with Crippen LogP contribution in [0.2, 0.25) is 0 Å². The minimum atomic E-state index is -0.198. The van der Waals surface area contributed by atoms with Crippen molar-refractivity contribution in [2.24, 2.45) is 0 Å². The monoisotopic (exact) mass is 353 g/mol. The lowest BCUT2D eigenvalue weighted by Gasteiger charge is -2.25. The van der Waals surface area contributed by atoms with E-state index < -0.39 is 0 Å². The van der Waals surface area contributed by atoms with E-state index in [1.807, 2.05) is 24.3 Å². The molecule has 4 nitrogen and oxygen atoms in total. The Hall–Kier alpha value is -1.27. The summed E-state index contributed by atoms with van der Waals surface area (Å²) in [6, 6.07) is 7.64. The Morgan fingerprint density at radius 3 is 2.78 bits per heavy atom. The summed E-state index contributed by atoms with van der Waals surface area (Å²) < 4.78 is 7.29. The number of ether oxygens (including phenoxy) is 1. The van der Waals surface area contributed by atoms with Gasteiger partial charge in [-0.3, -0.25) is 10.1 Å². The van der Waals surface area contributed by atoms with Crippen molar-refractivity contribution in [3.63, 3.8) is 0 Å². The van der Waals surface area contributed by atoms with E-state index in [1.165, 1.54) is 4.74 Å². The van der Waals surface area contributed by atoms with Crippen LogP contribution < -0.4 is 4.74 Å². The van der Waals surface area contributed by atoms with Crippen molar-refractivity contribution in [3.05, 3.63) is 29.8 Å². The van der Waals surface area contributed by atoms with Gasteiger partial charge in [0.15, 0.2) is 0 Å². The molecule has 1 fully saturated rings. The van der Waals surface area contributed by atoms with Crippen LogP contribution in [0.4, 0.5) is 0 Å². The Morgan fingerprint density at radius 2 is 2.13 bits per heavy atom. The van der Waals surface area contributed by atoms with Gasteiger partial charge in [0.1, 0.15) is 14.8 Å². The molecule has 1 saturated heterocycles. The molecule has 0 radical (unpaired) electrons. The van der Waals surface area contributed by atoms with E-state index in [0.29, 0.717) is 0 Å². The topological polar surface area (TPSA) is 35.7 Å². The van der Waals surface area contributed by atoms with Gasteiger partial charge in [-0.25, -0.2) is 0 Å². The maximum absolute atomic E-state index is 10.8. The van der Waals surface area contributed by atoms with Crippen molar-refractivity contribution in [2.75, 3.05) is 13.7 Å². The molecular weight excluding hydrogens is 328 g/mol. The van der Waals surface area contributed by atoms with E-state index >= 15 is 0 Å². The zero-order valence-corrected chi connectivity index (χ0v) is 15.8. The third kappa shape index (κ3) is 3.98. The van der Waals surface area contributed by atoms with Gasteiger partial charge in [-0.2, -0.15) is 0 Å². The predicted molar refractivity (Wildman–Crippen MR) is 99.9 cm³/mol. The van der Waals surface area contributed by atoms with Crippen LogP contribution in [0.1, 0.15) is 39.2 Å². The number of rotatable bonds is 6. The molecule has 1 atom stereocenters. The minimum Gasteiger partial charge on any atom is -0.496 e. The van der Waals surface area contributed by atoms with Crippen LogP contribution in [0.15, 0.2) is 24.3 Å². The van der Waals surface area contributed by atoms with Crippen molar-refractivity contribution >= 4 is 34.5 Å². The first-order valence-electron chi connectivity index (χ1n) is 7.85. The summed E-state index contributed by atoms with van der Waals surface area (Å²) in [4.78, 5) is 2.12. The van der Waals surface area contributed by atoms with Crippen LogP contribution in [0.25, 0.3) is 0 Å². The average molecular weight is 354 g/mol. The maximum Gasteiger partial charge on any atom is 0.292 e. The molecule has 1 aliphatic heterocycles. The second kappa shape index (κ2) is 7.53. The first-order valence-corrected chi connectivity index (χ1v) is 9.08. The number of hydrogen-bond acceptors (Lipinski definition) is 4. The van der Waals surface area contributed by atoms with Crippen LogP contribution in [-0.2, 0) is 0 Å². The molecule has 0 aromatic heterocycles. The third-order valence-electron chi connectivity index (χ3n) is 3.92. The number of thioether (sulfide) groups is 1. The van der Waals surface area contributed by atoms with Crippen molar-refractivity contribution in [1.82, 2.24) is 4.90 Å². The molecular formula is C17H25N2O2S2+. The zero-order valence-electron chi connectivity index (χ0n) is 14.2. The zero-order chi connectivity index (χ0) is 17.0. The number of hydroxylamine groups is 1. The van der Waals surface area contributed by atoms with Gasteiger partial charge < -0.3 is 4.74 Å². The molecule has 1 N–H and O–H groups in total. The normalized spacial score (nSPS) is 20.9. The number of benzene rings is 1. The van der Waals surface area contributed by atoms with Gasteiger partial charge in [-0.1, -0.05) is 49.5 Å². The molecule has 0 spiro atoms. The van der Waals surface area contributed by atoms with E-state index in [4.69, 9.17) is 17.0 Å². The van der Waals surface area contributed by atoms with E-state index in [-0.39, 0.29) is 10.9 Å². The fourth-order valence-electron chi connectivity index (χ4n) is 2.80.